The Hall–Kier alpha value is -0.0800. The summed E-state index contributed by atoms with van der Waals surface area (Å²) in [5.74, 6) is 0. The molecule has 21 heavy (non-hydrogen) atoms. The Labute approximate surface area is 134 Å². The SMILES string of the molecule is CCCCCCCCNCCCNCCCCCCCC. The minimum atomic E-state index is 1.18. The average Bonchev–Trinajstić information content (AvgIpc) is 2.50. The second-order valence-corrected chi connectivity index (χ2v) is 6.39. The Kier molecular flexibility index (Phi) is 19.8. The van der Waals surface area contributed by atoms with E-state index in [4.69, 9.17) is 0 Å². The first kappa shape index (κ1) is 20.9. The monoisotopic (exact) mass is 298 g/mol. The summed E-state index contributed by atoms with van der Waals surface area (Å²) in [7, 11) is 0. The highest BCUT2D eigenvalue weighted by Gasteiger charge is 1.92. The molecule has 0 fully saturated rings. The van der Waals surface area contributed by atoms with Crippen molar-refractivity contribution >= 4 is 0 Å². The lowest BCUT2D eigenvalue weighted by molar-refractivity contribution is 0.538. The molecule has 0 aromatic heterocycles. The molecule has 0 radical (unpaired) electrons. The van der Waals surface area contributed by atoms with Crippen molar-refractivity contribution in [1.29, 1.82) is 0 Å². The predicted octanol–water partition coefficient (Wildman–Crippen LogP) is 5.28. The van der Waals surface area contributed by atoms with Crippen LogP contribution in [-0.2, 0) is 0 Å². The van der Waals surface area contributed by atoms with Gasteiger partial charge in [0, 0.05) is 0 Å². The molecule has 2 heteroatoms. The zero-order valence-corrected chi connectivity index (χ0v) is 15.0. The second-order valence-electron chi connectivity index (χ2n) is 6.39. The molecule has 0 aromatic carbocycles. The largest absolute Gasteiger partial charge is 0.317 e. The maximum atomic E-state index is 3.56. The minimum absolute atomic E-state index is 1.18. The molecule has 0 aliphatic carbocycles. The van der Waals surface area contributed by atoms with Gasteiger partial charge in [0.25, 0.3) is 0 Å². The molecule has 2 N–H and O–H groups in total. The highest BCUT2D eigenvalue weighted by atomic mass is 14.9. The number of rotatable bonds is 18. The Morgan fingerprint density at radius 1 is 0.381 bits per heavy atom. The van der Waals surface area contributed by atoms with E-state index >= 15 is 0 Å². The van der Waals surface area contributed by atoms with E-state index in [9.17, 15) is 0 Å². The Morgan fingerprint density at radius 2 is 0.714 bits per heavy atom. The summed E-state index contributed by atoms with van der Waals surface area (Å²) in [6.45, 7) is 9.34. The second kappa shape index (κ2) is 19.9. The number of nitrogens with one attached hydrogen (secondary N) is 2. The summed E-state index contributed by atoms with van der Waals surface area (Å²) in [5, 5.41) is 7.12. The molecule has 0 aromatic rings. The fraction of sp³-hybridized carbons (Fsp3) is 1.00. The first-order chi connectivity index (χ1) is 10.4. The van der Waals surface area contributed by atoms with Gasteiger partial charge in [-0.2, -0.15) is 0 Å². The van der Waals surface area contributed by atoms with Crippen molar-refractivity contribution in [3.05, 3.63) is 0 Å². The number of hydrogen-bond donors (Lipinski definition) is 2. The fourth-order valence-corrected chi connectivity index (χ4v) is 2.65. The summed E-state index contributed by atoms with van der Waals surface area (Å²) in [6, 6.07) is 0. The molecule has 0 saturated heterocycles. The fourth-order valence-electron chi connectivity index (χ4n) is 2.65. The van der Waals surface area contributed by atoms with Crippen LogP contribution in [-0.4, -0.2) is 26.2 Å². The van der Waals surface area contributed by atoms with Crippen LogP contribution in [0.2, 0.25) is 0 Å². The maximum absolute atomic E-state index is 3.56. The molecule has 2 nitrogen and oxygen atoms in total. The van der Waals surface area contributed by atoms with Crippen molar-refractivity contribution in [2.45, 2.75) is 97.3 Å². The third kappa shape index (κ3) is 19.9. The lowest BCUT2D eigenvalue weighted by Crippen LogP contribution is -2.23. The summed E-state index contributed by atoms with van der Waals surface area (Å²) in [6.07, 6.45) is 18.0. The van der Waals surface area contributed by atoms with Gasteiger partial charge in [0.15, 0.2) is 0 Å². The average molecular weight is 299 g/mol. The first-order valence-electron chi connectivity index (χ1n) is 9.83. The Balaban J connectivity index is 2.90. The van der Waals surface area contributed by atoms with Crippen LogP contribution >= 0.6 is 0 Å². The van der Waals surface area contributed by atoms with Crippen molar-refractivity contribution in [2.24, 2.45) is 0 Å². The lowest BCUT2D eigenvalue weighted by atomic mass is 10.1. The van der Waals surface area contributed by atoms with Gasteiger partial charge >= 0.3 is 0 Å². The highest BCUT2D eigenvalue weighted by molar-refractivity contribution is 4.54. The van der Waals surface area contributed by atoms with E-state index in [-0.39, 0.29) is 0 Å². The van der Waals surface area contributed by atoms with Crippen LogP contribution in [0.3, 0.4) is 0 Å². The first-order valence-corrected chi connectivity index (χ1v) is 9.83. The summed E-state index contributed by atoms with van der Waals surface area (Å²) >= 11 is 0. The zero-order chi connectivity index (χ0) is 15.4. The smallest absolute Gasteiger partial charge is 0.00368 e. The molecule has 0 spiro atoms. The quantitative estimate of drug-likeness (QED) is 0.337. The van der Waals surface area contributed by atoms with Crippen LogP contribution in [0.1, 0.15) is 97.3 Å². The lowest BCUT2D eigenvalue weighted by Gasteiger charge is -2.06. The van der Waals surface area contributed by atoms with Gasteiger partial charge < -0.3 is 10.6 Å². The molecule has 128 valence electrons. The van der Waals surface area contributed by atoms with E-state index in [1.807, 2.05) is 0 Å². The van der Waals surface area contributed by atoms with Gasteiger partial charge in [0.05, 0.1) is 0 Å². The molecule has 0 aliphatic rings. The molecule has 0 atom stereocenters. The van der Waals surface area contributed by atoms with E-state index in [2.05, 4.69) is 24.5 Å². The zero-order valence-electron chi connectivity index (χ0n) is 15.0. The van der Waals surface area contributed by atoms with Crippen LogP contribution in [0.15, 0.2) is 0 Å². The van der Waals surface area contributed by atoms with Crippen molar-refractivity contribution in [2.75, 3.05) is 26.2 Å². The van der Waals surface area contributed by atoms with Gasteiger partial charge in [-0.05, 0) is 45.4 Å². The topological polar surface area (TPSA) is 24.1 Å². The normalized spacial score (nSPS) is 11.1. The molecular formula is C19H42N2. The third-order valence-electron chi connectivity index (χ3n) is 4.12. The molecular weight excluding hydrogens is 256 g/mol. The number of hydrogen-bond acceptors (Lipinski definition) is 2. The van der Waals surface area contributed by atoms with E-state index in [0.29, 0.717) is 0 Å². The van der Waals surface area contributed by atoms with Crippen LogP contribution < -0.4 is 10.6 Å². The van der Waals surface area contributed by atoms with Gasteiger partial charge in [-0.1, -0.05) is 78.1 Å². The van der Waals surface area contributed by atoms with Crippen molar-refractivity contribution in [3.8, 4) is 0 Å². The summed E-state index contributed by atoms with van der Waals surface area (Å²) in [5.41, 5.74) is 0. The van der Waals surface area contributed by atoms with Crippen LogP contribution in [0.25, 0.3) is 0 Å². The molecule has 0 saturated carbocycles. The third-order valence-corrected chi connectivity index (χ3v) is 4.12. The molecule has 0 unspecified atom stereocenters. The van der Waals surface area contributed by atoms with E-state index < -0.39 is 0 Å². The van der Waals surface area contributed by atoms with E-state index in [1.54, 1.807) is 0 Å². The number of unbranched alkanes of at least 4 members (excludes halogenated alkanes) is 10. The van der Waals surface area contributed by atoms with Crippen LogP contribution in [0, 0.1) is 0 Å². The van der Waals surface area contributed by atoms with Gasteiger partial charge in [0.1, 0.15) is 0 Å². The molecule has 0 amide bonds. The summed E-state index contributed by atoms with van der Waals surface area (Å²) < 4.78 is 0. The van der Waals surface area contributed by atoms with E-state index in [0.717, 1.165) is 0 Å². The standard InChI is InChI=1S/C19H42N2/c1-3-5-7-9-11-13-16-20-18-15-19-21-17-14-12-10-8-6-4-2/h20-21H,3-19H2,1-2H3. The van der Waals surface area contributed by atoms with E-state index in [1.165, 1.54) is 110 Å². The predicted molar refractivity (Wildman–Crippen MR) is 97.1 cm³/mol. The van der Waals surface area contributed by atoms with Gasteiger partial charge in [-0.25, -0.2) is 0 Å². The van der Waals surface area contributed by atoms with Crippen LogP contribution in [0.5, 0.6) is 0 Å². The van der Waals surface area contributed by atoms with Crippen LogP contribution in [0.4, 0.5) is 0 Å². The molecule has 0 aliphatic heterocycles. The molecule has 0 rings (SSSR count). The molecule has 0 heterocycles. The van der Waals surface area contributed by atoms with Gasteiger partial charge in [0.2, 0.25) is 0 Å². The molecule has 0 bridgehead atoms. The van der Waals surface area contributed by atoms with Crippen molar-refractivity contribution in [3.63, 3.8) is 0 Å². The Morgan fingerprint density at radius 3 is 1.14 bits per heavy atom. The van der Waals surface area contributed by atoms with Gasteiger partial charge in [-0.3, -0.25) is 0 Å². The van der Waals surface area contributed by atoms with Crippen molar-refractivity contribution in [1.82, 2.24) is 10.6 Å². The minimum Gasteiger partial charge on any atom is -0.317 e. The van der Waals surface area contributed by atoms with Crippen molar-refractivity contribution < 1.29 is 0 Å². The summed E-state index contributed by atoms with van der Waals surface area (Å²) in [4.78, 5) is 0. The van der Waals surface area contributed by atoms with Gasteiger partial charge in [-0.15, -0.1) is 0 Å². The maximum Gasteiger partial charge on any atom is -0.00368 e. The highest BCUT2D eigenvalue weighted by Crippen LogP contribution is 2.04. The Bertz CT molecular complexity index is 153.